The topological polar surface area (TPSA) is 96.3 Å². The minimum atomic E-state index is -0.511. The predicted molar refractivity (Wildman–Crippen MR) is 121 cm³/mol. The maximum Gasteiger partial charge on any atom is 0.258 e. The summed E-state index contributed by atoms with van der Waals surface area (Å²) in [6.45, 7) is 2.30. The first kappa shape index (κ1) is 20.6. The Morgan fingerprint density at radius 2 is 2.03 bits per heavy atom. The summed E-state index contributed by atoms with van der Waals surface area (Å²) >= 11 is 0. The molecular weight excluding hydrogens is 404 g/mol. The van der Waals surface area contributed by atoms with Gasteiger partial charge in [0.1, 0.15) is 0 Å². The summed E-state index contributed by atoms with van der Waals surface area (Å²) in [6.07, 6.45) is 3.36. The minimum Gasteiger partial charge on any atom is -0.396 e. The zero-order valence-corrected chi connectivity index (χ0v) is 17.8. The smallest absolute Gasteiger partial charge is 0.258 e. The molecule has 7 heteroatoms. The molecule has 0 radical (unpaired) electrons. The molecule has 0 aliphatic carbocycles. The first-order valence-electron chi connectivity index (χ1n) is 10.9. The van der Waals surface area contributed by atoms with Gasteiger partial charge < -0.3 is 15.0 Å². The van der Waals surface area contributed by atoms with Crippen molar-refractivity contribution < 1.29 is 9.90 Å². The molecule has 7 nitrogen and oxygen atoms in total. The lowest BCUT2D eigenvalue weighted by molar-refractivity contribution is -0.125. The highest BCUT2D eigenvalue weighted by Crippen LogP contribution is 2.42. The Bertz CT molecular complexity index is 1180. The van der Waals surface area contributed by atoms with Crippen molar-refractivity contribution in [2.45, 2.75) is 31.6 Å². The number of nitrogens with one attached hydrogen (secondary N) is 2. The fourth-order valence-corrected chi connectivity index (χ4v) is 5.12. The van der Waals surface area contributed by atoms with Gasteiger partial charge in [0, 0.05) is 54.2 Å². The molecule has 4 heterocycles. The summed E-state index contributed by atoms with van der Waals surface area (Å²) in [4.78, 5) is 30.4. The summed E-state index contributed by atoms with van der Waals surface area (Å²) in [7, 11) is 0. The Kier molecular flexibility index (Phi) is 5.36. The van der Waals surface area contributed by atoms with Crippen molar-refractivity contribution >= 4 is 5.91 Å². The van der Waals surface area contributed by atoms with Crippen LogP contribution < -0.4 is 16.2 Å². The number of nitrogens with zero attached hydrogens (tertiary/aromatic N) is 2. The third-order valence-electron chi connectivity index (χ3n) is 6.81. The normalized spacial score (nSPS) is 24.6. The summed E-state index contributed by atoms with van der Waals surface area (Å²) in [5, 5.41) is 16.6. The van der Waals surface area contributed by atoms with Crippen molar-refractivity contribution in [1.29, 1.82) is 0 Å². The fraction of sp³-hybridized carbons (Fsp3) is 0.320. The monoisotopic (exact) mass is 430 g/mol. The van der Waals surface area contributed by atoms with E-state index in [0.29, 0.717) is 12.1 Å². The van der Waals surface area contributed by atoms with Gasteiger partial charge in [-0.2, -0.15) is 0 Å². The van der Waals surface area contributed by atoms with E-state index in [4.69, 9.17) is 0 Å². The maximum atomic E-state index is 13.2. The number of benzene rings is 1. The largest absolute Gasteiger partial charge is 0.396 e. The molecule has 3 aromatic rings. The number of carbonyl (C=O) groups is 1. The van der Waals surface area contributed by atoms with E-state index in [9.17, 15) is 14.7 Å². The summed E-state index contributed by atoms with van der Waals surface area (Å²) in [6, 6.07) is 16.5. The minimum absolute atomic E-state index is 0.0281. The van der Waals surface area contributed by atoms with Crippen molar-refractivity contribution in [3.63, 3.8) is 0 Å². The molecule has 0 unspecified atom stereocenters. The van der Waals surface area contributed by atoms with E-state index in [0.717, 1.165) is 16.8 Å². The van der Waals surface area contributed by atoms with Gasteiger partial charge in [0.15, 0.2) is 0 Å². The number of rotatable bonds is 5. The van der Waals surface area contributed by atoms with E-state index >= 15 is 0 Å². The zero-order valence-electron chi connectivity index (χ0n) is 17.8. The van der Waals surface area contributed by atoms with Gasteiger partial charge in [0.05, 0.1) is 18.1 Å². The van der Waals surface area contributed by atoms with E-state index in [1.165, 1.54) is 0 Å². The van der Waals surface area contributed by atoms with Crippen LogP contribution in [0.1, 0.15) is 30.3 Å². The van der Waals surface area contributed by atoms with Crippen molar-refractivity contribution in [1.82, 2.24) is 20.2 Å². The van der Waals surface area contributed by atoms with Crippen LogP contribution in [-0.2, 0) is 11.3 Å². The lowest BCUT2D eigenvalue weighted by atomic mass is 9.88. The molecule has 1 amide bonds. The SMILES string of the molecule is C[C@@H](NC(=O)[C@@H]1N[C@@H]2c3ccc(-c4cccnc4)c(=O)n3C[C@@H]2[C@H]1CO)c1ccccc1. The molecular formula is C25H26N4O3. The molecule has 5 rings (SSSR count). The van der Waals surface area contributed by atoms with Gasteiger partial charge in [-0.25, -0.2) is 0 Å². The molecule has 5 atom stereocenters. The maximum absolute atomic E-state index is 13.2. The molecule has 2 aliphatic rings. The Morgan fingerprint density at radius 1 is 1.22 bits per heavy atom. The van der Waals surface area contributed by atoms with Gasteiger partial charge >= 0.3 is 0 Å². The third kappa shape index (κ3) is 3.43. The number of hydrogen-bond acceptors (Lipinski definition) is 5. The van der Waals surface area contributed by atoms with E-state index < -0.39 is 6.04 Å². The van der Waals surface area contributed by atoms with Crippen LogP contribution in [0, 0.1) is 11.8 Å². The molecule has 32 heavy (non-hydrogen) atoms. The third-order valence-corrected chi connectivity index (χ3v) is 6.81. The molecule has 0 saturated carbocycles. The van der Waals surface area contributed by atoms with Crippen LogP contribution in [0.4, 0.5) is 0 Å². The lowest BCUT2D eigenvalue weighted by Crippen LogP contribution is -2.46. The molecule has 1 fully saturated rings. The van der Waals surface area contributed by atoms with Gasteiger partial charge in [-0.05, 0) is 30.7 Å². The average molecular weight is 431 g/mol. The quantitative estimate of drug-likeness (QED) is 0.576. The highest BCUT2D eigenvalue weighted by Gasteiger charge is 2.50. The number of aliphatic hydroxyl groups is 1. The number of fused-ring (bicyclic) bond motifs is 3. The highest BCUT2D eigenvalue weighted by molar-refractivity contribution is 5.83. The number of pyridine rings is 2. The molecule has 0 bridgehead atoms. The number of hydrogen-bond donors (Lipinski definition) is 3. The Labute approximate surface area is 186 Å². The van der Waals surface area contributed by atoms with Crippen LogP contribution in [0.5, 0.6) is 0 Å². The van der Waals surface area contributed by atoms with E-state index in [1.54, 1.807) is 17.0 Å². The molecule has 0 spiro atoms. The molecule has 3 N–H and O–H groups in total. The van der Waals surface area contributed by atoms with Crippen LogP contribution in [0.15, 0.2) is 71.8 Å². The number of amides is 1. The van der Waals surface area contributed by atoms with Crippen LogP contribution in [0.25, 0.3) is 11.1 Å². The van der Waals surface area contributed by atoms with Gasteiger partial charge in [0.25, 0.3) is 5.56 Å². The Morgan fingerprint density at radius 3 is 2.75 bits per heavy atom. The Balaban J connectivity index is 1.38. The van der Waals surface area contributed by atoms with Gasteiger partial charge in [-0.1, -0.05) is 36.4 Å². The van der Waals surface area contributed by atoms with Crippen molar-refractivity contribution in [3.05, 3.63) is 88.6 Å². The van der Waals surface area contributed by atoms with Gasteiger partial charge in [-0.15, -0.1) is 0 Å². The van der Waals surface area contributed by atoms with Crippen LogP contribution in [0.2, 0.25) is 0 Å². The van der Waals surface area contributed by atoms with Crippen molar-refractivity contribution in [2.75, 3.05) is 6.61 Å². The van der Waals surface area contributed by atoms with Gasteiger partial charge in [0.2, 0.25) is 5.91 Å². The van der Waals surface area contributed by atoms with E-state index in [2.05, 4.69) is 15.6 Å². The standard InChI is InChI=1S/C25H26N4O3/c1-15(16-6-3-2-4-7-16)27-24(31)23-20(14-30)19-13-29-21(22(19)28-23)10-9-18(25(29)32)17-8-5-11-26-12-17/h2-12,15,19-20,22-23,28,30H,13-14H2,1H3,(H,27,31)/t15-,19-,20-,22+,23-/m1/s1. The molecule has 164 valence electrons. The van der Waals surface area contributed by atoms with Crippen LogP contribution in [0.3, 0.4) is 0 Å². The first-order chi connectivity index (χ1) is 15.6. The summed E-state index contributed by atoms with van der Waals surface area (Å²) in [5.74, 6) is -0.431. The Hall–Kier alpha value is -3.29. The first-order valence-corrected chi connectivity index (χ1v) is 10.9. The second-order valence-electron chi connectivity index (χ2n) is 8.60. The average Bonchev–Trinajstić information content (AvgIpc) is 3.37. The second kappa shape index (κ2) is 8.33. The summed E-state index contributed by atoms with van der Waals surface area (Å²) in [5.41, 5.74) is 3.20. The molecule has 2 aliphatic heterocycles. The van der Waals surface area contributed by atoms with Crippen LogP contribution >= 0.6 is 0 Å². The van der Waals surface area contributed by atoms with E-state index in [-0.39, 0.29) is 42.0 Å². The number of aromatic nitrogens is 2. The van der Waals surface area contributed by atoms with E-state index in [1.807, 2.05) is 61.5 Å². The predicted octanol–water partition coefficient (Wildman–Crippen LogP) is 2.04. The number of carbonyl (C=O) groups excluding carboxylic acids is 1. The second-order valence-corrected chi connectivity index (χ2v) is 8.60. The molecule has 1 aromatic carbocycles. The summed E-state index contributed by atoms with van der Waals surface area (Å²) < 4.78 is 1.77. The molecule has 1 saturated heterocycles. The van der Waals surface area contributed by atoms with Gasteiger partial charge in [-0.3, -0.25) is 19.9 Å². The zero-order chi connectivity index (χ0) is 22.2. The lowest BCUT2D eigenvalue weighted by Gasteiger charge is -2.23. The highest BCUT2D eigenvalue weighted by atomic mass is 16.3. The van der Waals surface area contributed by atoms with Crippen molar-refractivity contribution in [3.8, 4) is 11.1 Å². The number of aliphatic hydroxyl groups excluding tert-OH is 1. The molecule has 2 aromatic heterocycles. The fourth-order valence-electron chi connectivity index (χ4n) is 5.12. The van der Waals surface area contributed by atoms with Crippen molar-refractivity contribution in [2.24, 2.45) is 11.8 Å². The van der Waals surface area contributed by atoms with Crippen LogP contribution in [-0.4, -0.2) is 33.2 Å².